The van der Waals surface area contributed by atoms with Crippen LogP contribution in [0, 0.1) is 6.92 Å². The number of thiophene rings is 1. The first-order valence-electron chi connectivity index (χ1n) is 8.53. The van der Waals surface area contributed by atoms with Crippen LogP contribution in [0.1, 0.15) is 11.1 Å². The number of hydrogen-bond donors (Lipinski definition) is 0. The van der Waals surface area contributed by atoms with Crippen LogP contribution in [0.25, 0.3) is 0 Å². The lowest BCUT2D eigenvalue weighted by Gasteiger charge is -2.33. The number of carbonyl (C=O) groups excluding carboxylic acids is 1. The van der Waals surface area contributed by atoms with E-state index in [1.54, 1.807) is 22.7 Å². The third kappa shape index (κ3) is 5.26. The van der Waals surface area contributed by atoms with Crippen molar-refractivity contribution < 1.29 is 13.2 Å². The Morgan fingerprint density at radius 1 is 1.19 bits per heavy atom. The molecule has 27 heavy (non-hydrogen) atoms. The first-order valence-corrected chi connectivity index (χ1v) is 12.3. The van der Waals surface area contributed by atoms with Gasteiger partial charge in [-0.3, -0.25) is 4.79 Å². The molecule has 1 aliphatic rings. The first kappa shape index (κ1) is 20.7. The largest absolute Gasteiger partial charge is 0.339 e. The Balaban J connectivity index is 1.48. The molecule has 0 radical (unpaired) electrons. The molecule has 0 aliphatic carbocycles. The van der Waals surface area contributed by atoms with Crippen molar-refractivity contribution in [1.82, 2.24) is 9.21 Å². The van der Waals surface area contributed by atoms with Gasteiger partial charge in [-0.25, -0.2) is 8.42 Å². The van der Waals surface area contributed by atoms with Crippen LogP contribution < -0.4 is 0 Å². The monoisotopic (exact) mass is 444 g/mol. The van der Waals surface area contributed by atoms with Crippen LogP contribution in [0.3, 0.4) is 0 Å². The highest BCUT2D eigenvalue weighted by molar-refractivity contribution is 7.99. The Morgan fingerprint density at radius 3 is 2.56 bits per heavy atom. The van der Waals surface area contributed by atoms with Crippen molar-refractivity contribution in [3.8, 4) is 0 Å². The average molecular weight is 445 g/mol. The molecule has 146 valence electrons. The Hall–Kier alpha value is -1.06. The fourth-order valence-corrected chi connectivity index (χ4v) is 6.82. The van der Waals surface area contributed by atoms with Crippen LogP contribution in [-0.2, 0) is 20.6 Å². The molecule has 1 saturated heterocycles. The van der Waals surface area contributed by atoms with E-state index in [1.165, 1.54) is 21.5 Å². The van der Waals surface area contributed by atoms with Crippen molar-refractivity contribution in [2.45, 2.75) is 16.9 Å². The number of nitrogens with zero attached hydrogens (tertiary/aromatic N) is 2. The van der Waals surface area contributed by atoms with Crippen molar-refractivity contribution in [1.29, 1.82) is 0 Å². The summed E-state index contributed by atoms with van der Waals surface area (Å²) in [4.78, 5) is 14.2. The van der Waals surface area contributed by atoms with E-state index >= 15 is 0 Å². The molecule has 2 heterocycles. The number of aryl methyl sites for hydroxylation is 1. The summed E-state index contributed by atoms with van der Waals surface area (Å²) in [6.07, 6.45) is 0. The van der Waals surface area contributed by atoms with Gasteiger partial charge in [0.25, 0.3) is 10.0 Å². The van der Waals surface area contributed by atoms with Crippen molar-refractivity contribution in [3.05, 3.63) is 51.9 Å². The van der Waals surface area contributed by atoms with Gasteiger partial charge in [0.1, 0.15) is 4.21 Å². The summed E-state index contributed by atoms with van der Waals surface area (Å²) in [5, 5.41) is 0. The molecule has 0 spiro atoms. The highest BCUT2D eigenvalue weighted by Gasteiger charge is 2.30. The molecular formula is C18H21ClN2O3S3. The van der Waals surface area contributed by atoms with Crippen LogP contribution in [-0.4, -0.2) is 55.5 Å². The Bertz CT molecular complexity index is 906. The second kappa shape index (κ2) is 8.96. The first-order chi connectivity index (χ1) is 12.9. The molecule has 1 aromatic heterocycles. The van der Waals surface area contributed by atoms with Crippen molar-refractivity contribution in [2.75, 3.05) is 31.9 Å². The van der Waals surface area contributed by atoms with Crippen LogP contribution >= 0.6 is 34.7 Å². The van der Waals surface area contributed by atoms with Gasteiger partial charge >= 0.3 is 0 Å². The zero-order valence-electron chi connectivity index (χ0n) is 14.9. The number of amides is 1. The third-order valence-corrected chi connectivity index (χ3v) is 8.90. The smallest absolute Gasteiger partial charge is 0.252 e. The lowest BCUT2D eigenvalue weighted by atomic mass is 10.2. The number of piperazine rings is 1. The predicted octanol–water partition coefficient (Wildman–Crippen LogP) is 3.48. The molecule has 1 fully saturated rings. The van der Waals surface area contributed by atoms with Gasteiger partial charge < -0.3 is 4.90 Å². The van der Waals surface area contributed by atoms with Crippen molar-refractivity contribution in [2.24, 2.45) is 0 Å². The summed E-state index contributed by atoms with van der Waals surface area (Å²) in [6, 6.07) is 11.4. The van der Waals surface area contributed by atoms with Gasteiger partial charge in [0.15, 0.2) is 0 Å². The number of benzene rings is 1. The van der Waals surface area contributed by atoms with E-state index in [2.05, 4.69) is 25.1 Å². The fraction of sp³-hybridized carbons (Fsp3) is 0.389. The highest BCUT2D eigenvalue weighted by Crippen LogP contribution is 2.28. The number of halogens is 1. The summed E-state index contributed by atoms with van der Waals surface area (Å²) >= 11 is 8.50. The Kier molecular flexibility index (Phi) is 6.86. The molecular weight excluding hydrogens is 424 g/mol. The Morgan fingerprint density at radius 2 is 1.93 bits per heavy atom. The minimum absolute atomic E-state index is 0.0591. The second-order valence-electron chi connectivity index (χ2n) is 6.33. The highest BCUT2D eigenvalue weighted by atomic mass is 35.5. The summed E-state index contributed by atoms with van der Waals surface area (Å²) < 4.78 is 27.3. The Labute approximate surface area is 173 Å². The average Bonchev–Trinajstić information content (AvgIpc) is 3.09. The van der Waals surface area contributed by atoms with E-state index in [0.717, 1.165) is 17.1 Å². The number of rotatable bonds is 6. The van der Waals surface area contributed by atoms with E-state index in [1.807, 2.05) is 6.07 Å². The minimum atomic E-state index is -3.52. The maximum Gasteiger partial charge on any atom is 0.252 e. The quantitative estimate of drug-likeness (QED) is 0.684. The van der Waals surface area contributed by atoms with E-state index in [-0.39, 0.29) is 10.1 Å². The SMILES string of the molecule is Cc1cccc(CSCC(=O)N2CCN(S(=O)(=O)c3ccc(Cl)s3)CC2)c1. The molecule has 9 heteroatoms. The fourth-order valence-electron chi connectivity index (χ4n) is 2.89. The van der Waals surface area contributed by atoms with E-state index in [9.17, 15) is 13.2 Å². The van der Waals surface area contributed by atoms with Crippen LogP contribution in [0.15, 0.2) is 40.6 Å². The molecule has 5 nitrogen and oxygen atoms in total. The van der Waals surface area contributed by atoms with Gasteiger partial charge in [0, 0.05) is 31.9 Å². The zero-order valence-corrected chi connectivity index (χ0v) is 18.1. The normalized spacial score (nSPS) is 15.9. The van der Waals surface area contributed by atoms with E-state index < -0.39 is 10.0 Å². The van der Waals surface area contributed by atoms with Crippen molar-refractivity contribution in [3.63, 3.8) is 0 Å². The number of hydrogen-bond acceptors (Lipinski definition) is 5. The maximum absolute atomic E-state index is 12.6. The van der Waals surface area contributed by atoms with E-state index in [4.69, 9.17) is 11.6 Å². The van der Waals surface area contributed by atoms with Crippen LogP contribution in [0.5, 0.6) is 0 Å². The van der Waals surface area contributed by atoms with Crippen molar-refractivity contribution >= 4 is 50.6 Å². The molecule has 0 unspecified atom stereocenters. The zero-order chi connectivity index (χ0) is 19.4. The summed E-state index contributed by atoms with van der Waals surface area (Å²) in [7, 11) is -3.52. The van der Waals surface area contributed by atoms with E-state index in [0.29, 0.717) is 36.3 Å². The topological polar surface area (TPSA) is 57.7 Å². The molecule has 0 saturated carbocycles. The van der Waals surface area contributed by atoms with Gasteiger partial charge in [-0.05, 0) is 24.6 Å². The third-order valence-electron chi connectivity index (χ3n) is 4.31. The summed E-state index contributed by atoms with van der Waals surface area (Å²) in [5.74, 6) is 1.26. The van der Waals surface area contributed by atoms with Gasteiger partial charge in [0.2, 0.25) is 5.91 Å². The molecule has 0 atom stereocenters. The number of sulfonamides is 1. The maximum atomic E-state index is 12.6. The molecule has 1 aromatic carbocycles. The van der Waals surface area contributed by atoms with Gasteiger partial charge in [-0.1, -0.05) is 41.4 Å². The summed E-state index contributed by atoms with van der Waals surface area (Å²) in [5.41, 5.74) is 2.42. The van der Waals surface area contributed by atoms with Crippen LogP contribution in [0.4, 0.5) is 0 Å². The van der Waals surface area contributed by atoms with Gasteiger partial charge in [-0.15, -0.1) is 23.1 Å². The number of carbonyl (C=O) groups is 1. The lowest BCUT2D eigenvalue weighted by Crippen LogP contribution is -2.50. The molecule has 3 rings (SSSR count). The summed E-state index contributed by atoms with van der Waals surface area (Å²) in [6.45, 7) is 3.51. The molecule has 2 aromatic rings. The number of thioether (sulfide) groups is 1. The molecule has 1 amide bonds. The molecule has 0 bridgehead atoms. The molecule has 0 N–H and O–H groups in total. The van der Waals surface area contributed by atoms with Gasteiger partial charge in [0.05, 0.1) is 10.1 Å². The molecule has 1 aliphatic heterocycles. The van der Waals surface area contributed by atoms with Gasteiger partial charge in [-0.2, -0.15) is 4.31 Å². The second-order valence-corrected chi connectivity index (χ2v) is 11.2. The minimum Gasteiger partial charge on any atom is -0.339 e. The van der Waals surface area contributed by atoms with Crippen LogP contribution in [0.2, 0.25) is 4.34 Å². The standard InChI is InChI=1S/C18H21ClN2O3S3/c1-14-3-2-4-15(11-14)12-25-13-17(22)20-7-9-21(10-8-20)27(23,24)18-6-5-16(19)26-18/h2-6,11H,7-10,12-13H2,1H3. The predicted molar refractivity (Wildman–Crippen MR) is 112 cm³/mol. The lowest BCUT2D eigenvalue weighted by molar-refractivity contribution is -0.129.